The van der Waals surface area contributed by atoms with Gasteiger partial charge in [-0.1, -0.05) is 60.7 Å². The number of carbonyl (C=O) groups excluding carboxylic acids is 1. The molecule has 178 valence electrons. The maximum Gasteiger partial charge on any atom is 0.258 e. The normalized spacial score (nSPS) is 14.0. The van der Waals surface area contributed by atoms with Gasteiger partial charge in [-0.05, 0) is 35.4 Å². The highest BCUT2D eigenvalue weighted by Crippen LogP contribution is 2.33. The number of methoxy groups -OCH3 is 2. The third-order valence-electron chi connectivity index (χ3n) is 5.56. The van der Waals surface area contributed by atoms with E-state index < -0.39 is 0 Å². The Morgan fingerprint density at radius 3 is 2.31 bits per heavy atom. The first-order valence-corrected chi connectivity index (χ1v) is 10.8. The number of amides is 1. The minimum atomic E-state index is -0.351. The Bertz CT molecular complexity index is 1360. The molecule has 9 heteroatoms. The molecular formula is C26H24ClN5O3. The van der Waals surface area contributed by atoms with Crippen LogP contribution in [0.4, 0.5) is 11.9 Å². The Morgan fingerprint density at radius 2 is 1.63 bits per heavy atom. The molecule has 0 fully saturated rings. The maximum atomic E-state index is 12.9. The van der Waals surface area contributed by atoms with E-state index in [1.54, 1.807) is 30.0 Å². The largest absolute Gasteiger partial charge is 0.493 e. The summed E-state index contributed by atoms with van der Waals surface area (Å²) in [6.07, 6.45) is 2.10. The second-order valence-electron chi connectivity index (χ2n) is 7.65. The second-order valence-corrected chi connectivity index (χ2v) is 7.65. The van der Waals surface area contributed by atoms with Crippen LogP contribution < -0.4 is 20.1 Å². The fraction of sp³-hybridized carbons (Fsp3) is 0.115. The van der Waals surface area contributed by atoms with Crippen LogP contribution in [0.2, 0.25) is 0 Å². The van der Waals surface area contributed by atoms with Crippen LogP contribution in [0.25, 0.3) is 5.70 Å². The molecule has 1 aliphatic heterocycles. The maximum absolute atomic E-state index is 12.9. The van der Waals surface area contributed by atoms with E-state index in [2.05, 4.69) is 26.8 Å². The van der Waals surface area contributed by atoms with Crippen LogP contribution in [-0.2, 0) is 0 Å². The molecule has 3 aromatic carbocycles. The first-order chi connectivity index (χ1) is 16.7. The zero-order valence-electron chi connectivity index (χ0n) is 19.1. The van der Waals surface area contributed by atoms with Gasteiger partial charge in [0.05, 0.1) is 14.2 Å². The first kappa shape index (κ1) is 23.8. The minimum absolute atomic E-state index is 0. The summed E-state index contributed by atoms with van der Waals surface area (Å²) in [6, 6.07) is 24.8. The summed E-state index contributed by atoms with van der Waals surface area (Å²) in [5.41, 5.74) is 3.42. The Balaban J connectivity index is 0.00000289. The van der Waals surface area contributed by atoms with Gasteiger partial charge in [-0.3, -0.25) is 10.1 Å². The van der Waals surface area contributed by atoms with E-state index in [4.69, 9.17) is 9.47 Å². The molecule has 2 heterocycles. The fourth-order valence-electron chi connectivity index (χ4n) is 3.87. The number of aromatic nitrogens is 3. The van der Waals surface area contributed by atoms with Gasteiger partial charge >= 0.3 is 0 Å². The molecule has 5 rings (SSSR count). The van der Waals surface area contributed by atoms with Crippen LogP contribution in [0, 0.1) is 0 Å². The van der Waals surface area contributed by atoms with Crippen LogP contribution in [0.1, 0.15) is 27.5 Å². The number of rotatable bonds is 6. The van der Waals surface area contributed by atoms with Gasteiger partial charge in [0, 0.05) is 11.3 Å². The monoisotopic (exact) mass is 489 g/mol. The number of hydrogen-bond donors (Lipinski definition) is 2. The molecule has 1 amide bonds. The number of hydrogen-bond acceptors (Lipinski definition) is 6. The Kier molecular flexibility index (Phi) is 7.03. The van der Waals surface area contributed by atoms with E-state index in [0.29, 0.717) is 23.0 Å². The van der Waals surface area contributed by atoms with E-state index in [1.165, 1.54) is 7.11 Å². The van der Waals surface area contributed by atoms with E-state index in [9.17, 15) is 4.79 Å². The first-order valence-electron chi connectivity index (χ1n) is 10.8. The van der Waals surface area contributed by atoms with Crippen molar-refractivity contribution in [2.75, 3.05) is 24.9 Å². The molecular weight excluding hydrogens is 466 g/mol. The van der Waals surface area contributed by atoms with Crippen molar-refractivity contribution in [3.63, 3.8) is 0 Å². The Hall–Kier alpha value is -4.30. The molecule has 2 N–H and O–H groups in total. The third kappa shape index (κ3) is 4.83. The molecule has 0 aliphatic carbocycles. The summed E-state index contributed by atoms with van der Waals surface area (Å²) < 4.78 is 12.3. The topological polar surface area (TPSA) is 90.3 Å². The summed E-state index contributed by atoms with van der Waals surface area (Å²) in [7, 11) is 3.07. The van der Waals surface area contributed by atoms with Gasteiger partial charge in [0.15, 0.2) is 11.5 Å². The van der Waals surface area contributed by atoms with Crippen molar-refractivity contribution >= 4 is 35.9 Å². The van der Waals surface area contributed by atoms with Crippen molar-refractivity contribution in [2.45, 2.75) is 6.04 Å². The van der Waals surface area contributed by atoms with Crippen molar-refractivity contribution in [3.8, 4) is 11.5 Å². The lowest BCUT2D eigenvalue weighted by Gasteiger charge is -2.24. The third-order valence-corrected chi connectivity index (χ3v) is 5.56. The summed E-state index contributed by atoms with van der Waals surface area (Å²) in [4.78, 5) is 17.5. The summed E-state index contributed by atoms with van der Waals surface area (Å²) in [5.74, 6) is 1.40. The van der Waals surface area contributed by atoms with Crippen LogP contribution in [0.3, 0.4) is 0 Å². The van der Waals surface area contributed by atoms with Gasteiger partial charge in [0.25, 0.3) is 11.9 Å². The lowest BCUT2D eigenvalue weighted by molar-refractivity contribution is 0.102. The van der Waals surface area contributed by atoms with E-state index in [-0.39, 0.29) is 30.3 Å². The number of ether oxygens (including phenoxy) is 2. The van der Waals surface area contributed by atoms with E-state index >= 15 is 0 Å². The van der Waals surface area contributed by atoms with Crippen molar-refractivity contribution in [1.82, 2.24) is 14.8 Å². The highest BCUT2D eigenvalue weighted by molar-refractivity contribution is 6.03. The van der Waals surface area contributed by atoms with Crippen molar-refractivity contribution in [1.29, 1.82) is 0 Å². The predicted octanol–water partition coefficient (Wildman–Crippen LogP) is 5.03. The predicted molar refractivity (Wildman–Crippen MR) is 137 cm³/mol. The number of allylic oxidation sites excluding steroid dienone is 1. The lowest BCUT2D eigenvalue weighted by Crippen LogP contribution is -2.20. The summed E-state index contributed by atoms with van der Waals surface area (Å²) in [5, 5.41) is 10.7. The van der Waals surface area contributed by atoms with E-state index in [0.717, 1.165) is 16.8 Å². The van der Waals surface area contributed by atoms with Crippen LogP contribution in [0.5, 0.6) is 11.5 Å². The number of benzene rings is 3. The molecule has 4 aromatic rings. The molecule has 1 atom stereocenters. The minimum Gasteiger partial charge on any atom is -0.493 e. The van der Waals surface area contributed by atoms with Crippen LogP contribution >= 0.6 is 12.4 Å². The Morgan fingerprint density at radius 1 is 0.943 bits per heavy atom. The lowest BCUT2D eigenvalue weighted by atomic mass is 10.0. The number of halogens is 1. The average Bonchev–Trinajstić information content (AvgIpc) is 3.30. The van der Waals surface area contributed by atoms with Gasteiger partial charge in [-0.15, -0.1) is 17.5 Å². The van der Waals surface area contributed by atoms with Crippen molar-refractivity contribution in [3.05, 3.63) is 102 Å². The van der Waals surface area contributed by atoms with E-state index in [1.807, 2.05) is 60.7 Å². The number of nitrogens with zero attached hydrogens (tertiary/aromatic N) is 3. The number of nitrogens with one attached hydrogen (secondary N) is 2. The molecule has 0 bridgehead atoms. The fourth-order valence-corrected chi connectivity index (χ4v) is 3.87. The second kappa shape index (κ2) is 10.3. The molecule has 0 saturated carbocycles. The van der Waals surface area contributed by atoms with Gasteiger partial charge in [-0.25, -0.2) is 4.68 Å². The Labute approximate surface area is 209 Å². The quantitative estimate of drug-likeness (QED) is 0.395. The standard InChI is InChI=1S/C26H23N5O3.ClH/c1-33-22-14-13-19(15-23(22)34-2)24(32)28-25-29-26-27-20(17-9-5-3-6-10-17)16-21(31(26)30-25)18-11-7-4-8-12-18;/h3-16,21H,1-2H3,(H2,27,28,29,30,32);1H. The molecule has 0 saturated heterocycles. The van der Waals surface area contributed by atoms with Gasteiger partial charge in [-0.2, -0.15) is 4.98 Å². The zero-order valence-corrected chi connectivity index (χ0v) is 20.0. The van der Waals surface area contributed by atoms with Crippen LogP contribution in [0.15, 0.2) is 84.9 Å². The van der Waals surface area contributed by atoms with Crippen molar-refractivity contribution < 1.29 is 14.3 Å². The average molecular weight is 490 g/mol. The highest BCUT2D eigenvalue weighted by atomic mass is 35.5. The smallest absolute Gasteiger partial charge is 0.258 e. The zero-order chi connectivity index (χ0) is 23.5. The molecule has 35 heavy (non-hydrogen) atoms. The summed E-state index contributed by atoms with van der Waals surface area (Å²) >= 11 is 0. The molecule has 1 aliphatic rings. The number of fused-ring (bicyclic) bond motifs is 1. The summed E-state index contributed by atoms with van der Waals surface area (Å²) in [6.45, 7) is 0. The number of carbonyl (C=O) groups is 1. The van der Waals surface area contributed by atoms with Crippen LogP contribution in [-0.4, -0.2) is 34.9 Å². The van der Waals surface area contributed by atoms with Gasteiger partial charge < -0.3 is 14.8 Å². The molecule has 0 spiro atoms. The molecule has 1 aromatic heterocycles. The van der Waals surface area contributed by atoms with Gasteiger partial charge in [0.2, 0.25) is 5.95 Å². The SMILES string of the molecule is COc1ccc(C(=O)Nc2nc3n(n2)C(c2ccccc2)C=C(c2ccccc2)N3)cc1OC.Cl. The number of anilines is 2. The van der Waals surface area contributed by atoms with Crippen molar-refractivity contribution in [2.24, 2.45) is 0 Å². The molecule has 0 radical (unpaired) electrons. The highest BCUT2D eigenvalue weighted by Gasteiger charge is 2.26. The van der Waals surface area contributed by atoms with Gasteiger partial charge in [0.1, 0.15) is 6.04 Å². The molecule has 1 unspecified atom stereocenters. The molecule has 8 nitrogen and oxygen atoms in total.